The van der Waals surface area contributed by atoms with Gasteiger partial charge in [0.05, 0.1) is 17.7 Å². The van der Waals surface area contributed by atoms with E-state index in [9.17, 15) is 0 Å². The Morgan fingerprint density at radius 2 is 1.91 bits per heavy atom. The first-order valence-electron chi connectivity index (χ1n) is 7.42. The second kappa shape index (κ2) is 6.59. The van der Waals surface area contributed by atoms with E-state index < -0.39 is 0 Å². The Hall–Kier alpha value is -2.38. The van der Waals surface area contributed by atoms with Gasteiger partial charge < -0.3 is 10.6 Å². The molecule has 3 rings (SSSR count). The van der Waals surface area contributed by atoms with Crippen LogP contribution in [0.4, 0.5) is 5.69 Å². The van der Waals surface area contributed by atoms with E-state index in [1.54, 1.807) is 12.1 Å². The Morgan fingerprint density at radius 1 is 1.14 bits per heavy atom. The van der Waals surface area contributed by atoms with Gasteiger partial charge in [-0.25, -0.2) is 0 Å². The summed E-state index contributed by atoms with van der Waals surface area (Å²) in [6.07, 6.45) is 3.41. The van der Waals surface area contributed by atoms with Crippen LogP contribution in [0.2, 0.25) is 0 Å². The molecule has 0 aromatic heterocycles. The topological polar surface area (TPSA) is 47.9 Å². The number of nitrogens with one attached hydrogen (secondary N) is 2. The van der Waals surface area contributed by atoms with Crippen molar-refractivity contribution in [3.63, 3.8) is 0 Å². The maximum absolute atomic E-state index is 8.81. The lowest BCUT2D eigenvalue weighted by Gasteiger charge is -2.27. The quantitative estimate of drug-likeness (QED) is 0.826. The van der Waals surface area contributed by atoms with Crippen molar-refractivity contribution in [2.75, 3.05) is 5.32 Å². The highest BCUT2D eigenvalue weighted by Crippen LogP contribution is 2.29. The largest absolute Gasteiger partial charge is 0.356 e. The van der Waals surface area contributed by atoms with Gasteiger partial charge in [-0.15, -0.1) is 0 Å². The molecule has 4 heteroatoms. The molecule has 0 fully saturated rings. The summed E-state index contributed by atoms with van der Waals surface area (Å²) in [7, 11) is 0. The van der Waals surface area contributed by atoms with Crippen LogP contribution >= 0.6 is 12.2 Å². The predicted molar refractivity (Wildman–Crippen MR) is 92.6 cm³/mol. The SMILES string of the molecule is N#Cc1ccc(NC(=S)NC2CCCc3ccccc32)cc1. The third-order valence-corrected chi connectivity index (χ3v) is 4.17. The molecule has 2 N–H and O–H groups in total. The van der Waals surface area contributed by atoms with E-state index in [0.29, 0.717) is 10.7 Å². The van der Waals surface area contributed by atoms with Crippen LogP contribution in [0, 0.1) is 11.3 Å². The number of rotatable bonds is 2. The lowest BCUT2D eigenvalue weighted by molar-refractivity contribution is 0.529. The first kappa shape index (κ1) is 14.6. The lowest BCUT2D eigenvalue weighted by Crippen LogP contribution is -2.34. The van der Waals surface area contributed by atoms with Crippen LogP contribution in [0.25, 0.3) is 0 Å². The molecule has 0 saturated carbocycles. The van der Waals surface area contributed by atoms with E-state index in [2.05, 4.69) is 41.0 Å². The number of nitrogens with zero attached hydrogens (tertiary/aromatic N) is 1. The van der Waals surface area contributed by atoms with Gasteiger partial charge in [-0.3, -0.25) is 0 Å². The third-order valence-electron chi connectivity index (χ3n) is 3.95. The number of nitriles is 1. The van der Waals surface area contributed by atoms with Gasteiger partial charge in [0.1, 0.15) is 0 Å². The van der Waals surface area contributed by atoms with Crippen LogP contribution in [0.3, 0.4) is 0 Å². The number of benzene rings is 2. The van der Waals surface area contributed by atoms with Crippen molar-refractivity contribution in [1.82, 2.24) is 5.32 Å². The fraction of sp³-hybridized carbons (Fsp3) is 0.222. The summed E-state index contributed by atoms with van der Waals surface area (Å²) < 4.78 is 0. The van der Waals surface area contributed by atoms with E-state index in [-0.39, 0.29) is 6.04 Å². The van der Waals surface area contributed by atoms with Gasteiger partial charge in [-0.05, 0) is 66.9 Å². The Kier molecular flexibility index (Phi) is 4.36. The Balaban J connectivity index is 1.66. The van der Waals surface area contributed by atoms with Crippen LogP contribution in [0.5, 0.6) is 0 Å². The van der Waals surface area contributed by atoms with Crippen LogP contribution in [0.1, 0.15) is 35.6 Å². The number of hydrogen-bond donors (Lipinski definition) is 2. The molecule has 22 heavy (non-hydrogen) atoms. The second-order valence-corrected chi connectivity index (χ2v) is 5.84. The van der Waals surface area contributed by atoms with Gasteiger partial charge >= 0.3 is 0 Å². The van der Waals surface area contributed by atoms with Crippen molar-refractivity contribution in [3.8, 4) is 6.07 Å². The number of hydrogen-bond acceptors (Lipinski definition) is 2. The zero-order valence-corrected chi connectivity index (χ0v) is 13.0. The van der Waals surface area contributed by atoms with Gasteiger partial charge in [0, 0.05) is 5.69 Å². The highest BCUT2D eigenvalue weighted by atomic mass is 32.1. The van der Waals surface area contributed by atoms with E-state index >= 15 is 0 Å². The number of fused-ring (bicyclic) bond motifs is 1. The molecule has 2 aromatic carbocycles. The average Bonchev–Trinajstić information content (AvgIpc) is 2.56. The van der Waals surface area contributed by atoms with Crippen LogP contribution in [-0.4, -0.2) is 5.11 Å². The highest BCUT2D eigenvalue weighted by Gasteiger charge is 2.20. The summed E-state index contributed by atoms with van der Waals surface area (Å²) in [6.45, 7) is 0. The Labute approximate surface area is 136 Å². The van der Waals surface area contributed by atoms with Crippen LogP contribution in [-0.2, 0) is 6.42 Å². The maximum atomic E-state index is 8.81. The summed E-state index contributed by atoms with van der Waals surface area (Å²) in [4.78, 5) is 0. The monoisotopic (exact) mass is 307 g/mol. The van der Waals surface area contributed by atoms with Gasteiger partial charge in [-0.2, -0.15) is 5.26 Å². The molecule has 0 saturated heterocycles. The first-order valence-corrected chi connectivity index (χ1v) is 7.82. The molecule has 0 bridgehead atoms. The molecule has 2 aromatic rings. The minimum absolute atomic E-state index is 0.267. The Bertz CT molecular complexity index is 716. The maximum Gasteiger partial charge on any atom is 0.171 e. The van der Waals surface area contributed by atoms with Crippen molar-refractivity contribution >= 4 is 23.0 Å². The minimum atomic E-state index is 0.267. The molecule has 0 spiro atoms. The molecule has 1 atom stereocenters. The smallest absolute Gasteiger partial charge is 0.171 e. The number of anilines is 1. The summed E-state index contributed by atoms with van der Waals surface area (Å²) in [5, 5.41) is 16.0. The third kappa shape index (κ3) is 3.26. The van der Waals surface area contributed by atoms with Gasteiger partial charge in [-0.1, -0.05) is 24.3 Å². The lowest BCUT2D eigenvalue weighted by atomic mass is 9.88. The van der Waals surface area contributed by atoms with Crippen LogP contribution < -0.4 is 10.6 Å². The van der Waals surface area contributed by atoms with Gasteiger partial charge in [0.25, 0.3) is 0 Å². The van der Waals surface area contributed by atoms with Crippen LogP contribution in [0.15, 0.2) is 48.5 Å². The summed E-state index contributed by atoms with van der Waals surface area (Å²) in [5.41, 5.74) is 4.29. The molecular weight excluding hydrogens is 290 g/mol. The predicted octanol–water partition coefficient (Wildman–Crippen LogP) is 3.92. The summed E-state index contributed by atoms with van der Waals surface area (Å²) in [6, 6.07) is 18.2. The van der Waals surface area contributed by atoms with E-state index in [1.165, 1.54) is 17.5 Å². The molecule has 110 valence electrons. The molecule has 0 radical (unpaired) electrons. The fourth-order valence-corrected chi connectivity index (χ4v) is 3.12. The highest BCUT2D eigenvalue weighted by molar-refractivity contribution is 7.80. The minimum Gasteiger partial charge on any atom is -0.356 e. The molecule has 3 nitrogen and oxygen atoms in total. The van der Waals surface area contributed by atoms with Crippen molar-refractivity contribution in [3.05, 3.63) is 65.2 Å². The zero-order chi connectivity index (χ0) is 15.4. The molecule has 0 heterocycles. The average molecular weight is 307 g/mol. The molecule has 1 unspecified atom stereocenters. The standard InChI is InChI=1S/C18H17N3S/c19-12-13-8-10-15(11-9-13)20-18(22)21-17-7-3-5-14-4-1-2-6-16(14)17/h1-2,4,6,8-11,17H,3,5,7H2,(H2,20,21,22). The number of thiocarbonyl (C=S) groups is 1. The first-order chi connectivity index (χ1) is 10.8. The molecule has 0 aliphatic heterocycles. The second-order valence-electron chi connectivity index (χ2n) is 5.43. The van der Waals surface area contributed by atoms with Gasteiger partial charge in [0.2, 0.25) is 0 Å². The number of aryl methyl sites for hydroxylation is 1. The van der Waals surface area contributed by atoms with Gasteiger partial charge in [0.15, 0.2) is 5.11 Å². The zero-order valence-electron chi connectivity index (χ0n) is 12.2. The molecule has 1 aliphatic carbocycles. The van der Waals surface area contributed by atoms with Crippen molar-refractivity contribution in [1.29, 1.82) is 5.26 Å². The summed E-state index contributed by atoms with van der Waals surface area (Å²) >= 11 is 5.42. The van der Waals surface area contributed by atoms with Crippen molar-refractivity contribution in [2.45, 2.75) is 25.3 Å². The van der Waals surface area contributed by atoms with E-state index in [4.69, 9.17) is 17.5 Å². The van der Waals surface area contributed by atoms with Crippen molar-refractivity contribution in [2.24, 2.45) is 0 Å². The fourth-order valence-electron chi connectivity index (χ4n) is 2.86. The van der Waals surface area contributed by atoms with E-state index in [1.807, 2.05) is 12.1 Å². The summed E-state index contributed by atoms with van der Waals surface area (Å²) in [5.74, 6) is 0. The normalized spacial score (nSPS) is 16.2. The molecule has 0 amide bonds. The molecule has 1 aliphatic rings. The van der Waals surface area contributed by atoms with E-state index in [0.717, 1.165) is 18.5 Å². The van der Waals surface area contributed by atoms with Crippen molar-refractivity contribution < 1.29 is 0 Å². The molecular formula is C18H17N3S. The Morgan fingerprint density at radius 3 is 2.68 bits per heavy atom.